The molecule has 60 heavy (non-hydrogen) atoms. The lowest BCUT2D eigenvalue weighted by molar-refractivity contribution is -0.166. The van der Waals surface area contributed by atoms with Gasteiger partial charge in [0.25, 0.3) is 0 Å². The van der Waals surface area contributed by atoms with Crippen molar-refractivity contribution in [2.75, 3.05) is 13.2 Å². The molecule has 0 N–H and O–H groups in total. The molecule has 0 bridgehead atoms. The van der Waals surface area contributed by atoms with Gasteiger partial charge in [0.05, 0.1) is 0 Å². The fraction of sp³-hybridized carbons (Fsp3) is 0.648. The molecule has 340 valence electrons. The first-order chi connectivity index (χ1) is 29.5. The van der Waals surface area contributed by atoms with Crippen LogP contribution in [0.15, 0.2) is 97.2 Å². The Morgan fingerprint density at radius 3 is 1.12 bits per heavy atom. The summed E-state index contributed by atoms with van der Waals surface area (Å²) in [6.07, 6.45) is 62.6. The van der Waals surface area contributed by atoms with Gasteiger partial charge in [-0.05, 0) is 83.5 Å². The monoisotopic (exact) mass is 833 g/mol. The van der Waals surface area contributed by atoms with Crippen molar-refractivity contribution in [3.63, 3.8) is 0 Å². The molecule has 0 saturated carbocycles. The van der Waals surface area contributed by atoms with Gasteiger partial charge in [-0.15, -0.1) is 0 Å². The molecule has 0 aromatic rings. The predicted molar refractivity (Wildman–Crippen MR) is 256 cm³/mol. The molecule has 0 rings (SSSR count). The lowest BCUT2D eigenvalue weighted by atomic mass is 10.0. The molecule has 0 amide bonds. The van der Waals surface area contributed by atoms with Crippen LogP contribution >= 0.6 is 0 Å². The Kier molecular flexibility index (Phi) is 45.1. The summed E-state index contributed by atoms with van der Waals surface area (Å²) in [6.45, 7) is 6.30. The zero-order valence-electron chi connectivity index (χ0n) is 38.7. The highest BCUT2D eigenvalue weighted by atomic mass is 16.6. The minimum absolute atomic E-state index is 0.109. The molecular weight excluding hydrogens is 745 g/mol. The van der Waals surface area contributed by atoms with Gasteiger partial charge in [0.15, 0.2) is 6.10 Å². The highest BCUT2D eigenvalue weighted by molar-refractivity contribution is 5.71. The first-order valence-electron chi connectivity index (χ1n) is 24.2. The number of carbonyl (C=O) groups excluding carboxylic acids is 3. The molecular formula is C54H88O6. The van der Waals surface area contributed by atoms with Crippen LogP contribution < -0.4 is 0 Å². The van der Waals surface area contributed by atoms with E-state index in [9.17, 15) is 14.4 Å². The van der Waals surface area contributed by atoms with Gasteiger partial charge in [-0.25, -0.2) is 0 Å². The molecule has 0 aliphatic heterocycles. The van der Waals surface area contributed by atoms with E-state index in [1.165, 1.54) is 57.8 Å². The van der Waals surface area contributed by atoms with Crippen LogP contribution in [0, 0.1) is 0 Å². The quantitative estimate of drug-likeness (QED) is 0.0264. The number of unbranched alkanes of at least 4 members (excludes halogenated alkanes) is 15. The molecule has 0 heterocycles. The van der Waals surface area contributed by atoms with Gasteiger partial charge < -0.3 is 14.2 Å². The van der Waals surface area contributed by atoms with E-state index in [1.807, 2.05) is 12.2 Å². The van der Waals surface area contributed by atoms with Crippen molar-refractivity contribution in [2.24, 2.45) is 0 Å². The standard InChI is InChI=1S/C54H88O6/c1-4-7-10-13-16-19-22-25-27-28-30-32-35-38-41-44-47-53(56)59-50-51(49-58-52(55)46-43-40-37-34-31-24-21-18-15-12-9-6-3)60-54(57)48-45-42-39-36-33-29-26-23-20-17-14-11-8-5-2/h7-8,10-11,16-17,19-20,25-27,29-30,32,38,41,51H,4-6,9,12-15,18,21-24,28,31,33-37,39-40,42-50H2,1-3H3/b10-7-,11-8-,19-16-,20-17-,27-25-,29-26-,32-30-,41-38-. The molecule has 0 saturated heterocycles. The second-order valence-electron chi connectivity index (χ2n) is 15.6. The number of hydrogen-bond donors (Lipinski definition) is 0. The summed E-state index contributed by atoms with van der Waals surface area (Å²) in [7, 11) is 0. The van der Waals surface area contributed by atoms with E-state index in [0.717, 1.165) is 103 Å². The number of carbonyl (C=O) groups is 3. The minimum atomic E-state index is -0.817. The minimum Gasteiger partial charge on any atom is -0.462 e. The summed E-state index contributed by atoms with van der Waals surface area (Å²) in [6, 6.07) is 0. The number of hydrogen-bond acceptors (Lipinski definition) is 6. The Labute approximate surface area is 368 Å². The molecule has 0 aromatic carbocycles. The number of allylic oxidation sites excluding steroid dienone is 16. The summed E-state index contributed by atoms with van der Waals surface area (Å²) in [5.41, 5.74) is 0. The van der Waals surface area contributed by atoms with E-state index in [1.54, 1.807) is 0 Å². The molecule has 1 atom stereocenters. The maximum absolute atomic E-state index is 12.7. The second-order valence-corrected chi connectivity index (χ2v) is 15.6. The Hall–Kier alpha value is -3.67. The smallest absolute Gasteiger partial charge is 0.306 e. The Morgan fingerprint density at radius 2 is 0.683 bits per heavy atom. The Balaban J connectivity index is 4.54. The van der Waals surface area contributed by atoms with Crippen LogP contribution in [-0.4, -0.2) is 37.2 Å². The first-order valence-corrected chi connectivity index (χ1v) is 24.2. The lowest BCUT2D eigenvalue weighted by Gasteiger charge is -2.18. The number of esters is 3. The molecule has 0 aromatic heterocycles. The normalized spacial score (nSPS) is 12.9. The van der Waals surface area contributed by atoms with Crippen LogP contribution in [0.2, 0.25) is 0 Å². The topological polar surface area (TPSA) is 78.9 Å². The van der Waals surface area contributed by atoms with Crippen molar-refractivity contribution >= 4 is 17.9 Å². The van der Waals surface area contributed by atoms with Crippen molar-refractivity contribution in [1.82, 2.24) is 0 Å². The van der Waals surface area contributed by atoms with Crippen LogP contribution in [0.5, 0.6) is 0 Å². The van der Waals surface area contributed by atoms with Gasteiger partial charge in [-0.2, -0.15) is 0 Å². The molecule has 0 aliphatic rings. The zero-order valence-corrected chi connectivity index (χ0v) is 38.7. The van der Waals surface area contributed by atoms with Crippen molar-refractivity contribution < 1.29 is 28.6 Å². The van der Waals surface area contributed by atoms with Gasteiger partial charge in [-0.1, -0.05) is 201 Å². The molecule has 1 unspecified atom stereocenters. The number of ether oxygens (including phenoxy) is 3. The third-order valence-electron chi connectivity index (χ3n) is 9.85. The maximum Gasteiger partial charge on any atom is 0.306 e. The van der Waals surface area contributed by atoms with E-state index in [4.69, 9.17) is 14.2 Å². The third-order valence-corrected chi connectivity index (χ3v) is 9.85. The van der Waals surface area contributed by atoms with Crippen LogP contribution in [0.25, 0.3) is 0 Å². The largest absolute Gasteiger partial charge is 0.462 e. The molecule has 0 aliphatic carbocycles. The zero-order chi connectivity index (χ0) is 43.7. The fourth-order valence-electron chi connectivity index (χ4n) is 6.27. The van der Waals surface area contributed by atoms with E-state index in [0.29, 0.717) is 12.8 Å². The van der Waals surface area contributed by atoms with Gasteiger partial charge in [0, 0.05) is 19.3 Å². The summed E-state index contributed by atoms with van der Waals surface area (Å²) < 4.78 is 16.7. The SMILES string of the molecule is CC/C=C\C/C=C\C/C=C\C/C=C\C/C=C\CCC(=O)OCC(COC(=O)CCCCCCCCCCCCCC)OC(=O)CCCCCC/C=C\C/C=C\C/C=C\CC. The van der Waals surface area contributed by atoms with Crippen molar-refractivity contribution in [1.29, 1.82) is 0 Å². The van der Waals surface area contributed by atoms with Crippen molar-refractivity contribution in [2.45, 2.75) is 213 Å². The van der Waals surface area contributed by atoms with E-state index < -0.39 is 6.10 Å². The molecule has 0 radical (unpaired) electrons. The van der Waals surface area contributed by atoms with Crippen LogP contribution in [0.1, 0.15) is 207 Å². The van der Waals surface area contributed by atoms with Crippen molar-refractivity contribution in [3.05, 3.63) is 97.2 Å². The Bertz CT molecular complexity index is 1230. The average Bonchev–Trinajstić information content (AvgIpc) is 3.24. The van der Waals surface area contributed by atoms with Gasteiger partial charge >= 0.3 is 17.9 Å². The fourth-order valence-corrected chi connectivity index (χ4v) is 6.27. The summed E-state index contributed by atoms with van der Waals surface area (Å²) >= 11 is 0. The van der Waals surface area contributed by atoms with Gasteiger partial charge in [0.2, 0.25) is 0 Å². The molecule has 0 fully saturated rings. The van der Waals surface area contributed by atoms with Gasteiger partial charge in [0.1, 0.15) is 13.2 Å². The van der Waals surface area contributed by atoms with Crippen molar-refractivity contribution in [3.8, 4) is 0 Å². The Morgan fingerprint density at radius 1 is 0.350 bits per heavy atom. The highest BCUT2D eigenvalue weighted by Gasteiger charge is 2.19. The summed E-state index contributed by atoms with van der Waals surface area (Å²) in [5.74, 6) is -1.02. The third kappa shape index (κ3) is 45.4. The highest BCUT2D eigenvalue weighted by Crippen LogP contribution is 2.14. The maximum atomic E-state index is 12.7. The average molecular weight is 833 g/mol. The predicted octanol–water partition coefficient (Wildman–Crippen LogP) is 15.8. The summed E-state index contributed by atoms with van der Waals surface area (Å²) in [5, 5.41) is 0. The first kappa shape index (κ1) is 56.3. The van der Waals surface area contributed by atoms with E-state index >= 15 is 0 Å². The summed E-state index contributed by atoms with van der Waals surface area (Å²) in [4.78, 5) is 37.8. The van der Waals surface area contributed by atoms with E-state index in [-0.39, 0.29) is 44.0 Å². The van der Waals surface area contributed by atoms with Crippen LogP contribution in [0.3, 0.4) is 0 Å². The van der Waals surface area contributed by atoms with Gasteiger partial charge in [-0.3, -0.25) is 14.4 Å². The molecule has 6 nitrogen and oxygen atoms in total. The van der Waals surface area contributed by atoms with Crippen LogP contribution in [-0.2, 0) is 28.6 Å². The van der Waals surface area contributed by atoms with E-state index in [2.05, 4.69) is 106 Å². The number of rotatable bonds is 42. The van der Waals surface area contributed by atoms with Crippen LogP contribution in [0.4, 0.5) is 0 Å². The molecule has 0 spiro atoms. The second kappa shape index (κ2) is 48.0. The lowest BCUT2D eigenvalue weighted by Crippen LogP contribution is -2.30. The molecule has 6 heteroatoms.